The molecule has 4 aliphatic heterocycles. The predicted octanol–water partition coefficient (Wildman–Crippen LogP) is 3.15. The number of hydrogen-bond donors (Lipinski definition) is 0. The summed E-state index contributed by atoms with van der Waals surface area (Å²) in [6.45, 7) is 4.64. The molecule has 5 heterocycles. The Bertz CT molecular complexity index is 757. The molecule has 26 heavy (non-hydrogen) atoms. The summed E-state index contributed by atoms with van der Waals surface area (Å²) in [7, 11) is 1.80. The Morgan fingerprint density at radius 2 is 1.92 bits per heavy atom. The van der Waals surface area contributed by atoms with Gasteiger partial charge in [-0.2, -0.15) is 0 Å². The lowest BCUT2D eigenvalue weighted by molar-refractivity contribution is -0.00881. The highest BCUT2D eigenvalue weighted by Crippen LogP contribution is 2.48. The van der Waals surface area contributed by atoms with Crippen LogP contribution < -0.4 is 4.74 Å². The second kappa shape index (κ2) is 6.67. The zero-order valence-electron chi connectivity index (χ0n) is 15.4. The van der Waals surface area contributed by atoms with E-state index in [4.69, 9.17) is 4.74 Å². The summed E-state index contributed by atoms with van der Waals surface area (Å²) in [6.07, 6.45) is 6.59. The smallest absolute Gasteiger partial charge is 0.122 e. The van der Waals surface area contributed by atoms with E-state index in [1.807, 2.05) is 12.4 Å². The molecule has 3 atom stereocenters. The van der Waals surface area contributed by atoms with Crippen LogP contribution in [0, 0.1) is 5.92 Å². The first-order valence-corrected chi connectivity index (χ1v) is 9.85. The molecule has 0 aliphatic carbocycles. The molecular weight excluding hydrogens is 322 g/mol. The SMILES string of the molecule is COc1ccccc1[C@@H]1CN(Cc2cccnc2)[C@H]2C3CCN(CC3)[C@@H]12. The first-order valence-electron chi connectivity index (χ1n) is 9.85. The van der Waals surface area contributed by atoms with Crippen molar-refractivity contribution in [3.05, 3.63) is 59.9 Å². The van der Waals surface area contributed by atoms with E-state index in [2.05, 4.69) is 51.2 Å². The van der Waals surface area contributed by atoms with Gasteiger partial charge in [0.1, 0.15) is 5.75 Å². The maximum absolute atomic E-state index is 5.72. The number of piperidine rings is 3. The average molecular weight is 349 g/mol. The number of aromatic nitrogens is 1. The zero-order chi connectivity index (χ0) is 17.5. The maximum atomic E-state index is 5.72. The van der Waals surface area contributed by atoms with Crippen molar-refractivity contribution in [3.63, 3.8) is 0 Å². The Morgan fingerprint density at radius 3 is 2.69 bits per heavy atom. The number of ether oxygens (including phenoxy) is 1. The Morgan fingerprint density at radius 1 is 1.08 bits per heavy atom. The molecule has 4 aliphatic rings. The van der Waals surface area contributed by atoms with E-state index in [0.29, 0.717) is 18.0 Å². The van der Waals surface area contributed by atoms with Gasteiger partial charge < -0.3 is 4.74 Å². The largest absolute Gasteiger partial charge is 0.496 e. The molecule has 0 amide bonds. The van der Waals surface area contributed by atoms with Crippen LogP contribution in [0.2, 0.25) is 0 Å². The summed E-state index contributed by atoms with van der Waals surface area (Å²) in [5.41, 5.74) is 2.70. The summed E-state index contributed by atoms with van der Waals surface area (Å²) >= 11 is 0. The van der Waals surface area contributed by atoms with E-state index in [9.17, 15) is 0 Å². The highest BCUT2D eigenvalue weighted by atomic mass is 16.5. The minimum absolute atomic E-state index is 0.524. The fraction of sp³-hybridized carbons (Fsp3) is 0.500. The van der Waals surface area contributed by atoms with Crippen LogP contribution >= 0.6 is 0 Å². The van der Waals surface area contributed by atoms with Gasteiger partial charge >= 0.3 is 0 Å². The van der Waals surface area contributed by atoms with Gasteiger partial charge in [0.25, 0.3) is 0 Å². The molecule has 4 fully saturated rings. The zero-order valence-corrected chi connectivity index (χ0v) is 15.4. The van der Waals surface area contributed by atoms with Crippen LogP contribution in [0.25, 0.3) is 0 Å². The van der Waals surface area contributed by atoms with Crippen LogP contribution in [-0.2, 0) is 6.54 Å². The molecule has 0 radical (unpaired) electrons. The van der Waals surface area contributed by atoms with Crippen molar-refractivity contribution >= 4 is 0 Å². The molecule has 6 rings (SSSR count). The number of benzene rings is 1. The van der Waals surface area contributed by atoms with Crippen molar-refractivity contribution in [1.29, 1.82) is 0 Å². The first kappa shape index (κ1) is 16.3. The summed E-state index contributed by atoms with van der Waals surface area (Å²) < 4.78 is 5.72. The number of para-hydroxylation sites is 1. The van der Waals surface area contributed by atoms with Gasteiger partial charge in [-0.15, -0.1) is 0 Å². The van der Waals surface area contributed by atoms with Gasteiger partial charge in [0, 0.05) is 49.0 Å². The second-order valence-electron chi connectivity index (χ2n) is 7.99. The number of methoxy groups -OCH3 is 1. The maximum Gasteiger partial charge on any atom is 0.122 e. The fourth-order valence-corrected chi connectivity index (χ4v) is 5.69. The fourth-order valence-electron chi connectivity index (χ4n) is 5.69. The Balaban J connectivity index is 1.50. The van der Waals surface area contributed by atoms with E-state index in [0.717, 1.165) is 24.8 Å². The van der Waals surface area contributed by atoms with Crippen molar-refractivity contribution < 1.29 is 4.74 Å². The third-order valence-corrected chi connectivity index (χ3v) is 6.74. The Hall–Kier alpha value is -1.91. The summed E-state index contributed by atoms with van der Waals surface area (Å²) in [4.78, 5) is 9.81. The van der Waals surface area contributed by atoms with Crippen molar-refractivity contribution in [1.82, 2.24) is 14.8 Å². The van der Waals surface area contributed by atoms with Crippen LogP contribution in [0.5, 0.6) is 5.75 Å². The van der Waals surface area contributed by atoms with Gasteiger partial charge in [-0.05, 0) is 49.5 Å². The number of likely N-dealkylation sites (tertiary alicyclic amines) is 1. The molecule has 0 N–H and O–H groups in total. The van der Waals surface area contributed by atoms with Gasteiger partial charge in [-0.25, -0.2) is 0 Å². The third kappa shape index (κ3) is 2.63. The molecule has 1 aromatic carbocycles. The lowest BCUT2D eigenvalue weighted by Gasteiger charge is -2.51. The minimum atomic E-state index is 0.524. The van der Waals surface area contributed by atoms with E-state index < -0.39 is 0 Å². The summed E-state index contributed by atoms with van der Waals surface area (Å²) in [6, 6.07) is 14.2. The molecule has 4 saturated heterocycles. The van der Waals surface area contributed by atoms with Crippen LogP contribution in [0.3, 0.4) is 0 Å². The minimum Gasteiger partial charge on any atom is -0.496 e. The standard InChI is InChI=1S/C22H27N3O/c1-26-20-7-3-2-6-18(20)19-15-25(14-16-5-4-10-23-13-16)21-17-8-11-24(12-9-17)22(19)21/h2-7,10,13,17,19,21-22H,8-9,11-12,14-15H2,1H3/t19-,21-,22-/m0/s1. The highest BCUT2D eigenvalue weighted by molar-refractivity contribution is 5.39. The van der Waals surface area contributed by atoms with Crippen LogP contribution in [-0.4, -0.2) is 53.6 Å². The number of hydrogen-bond acceptors (Lipinski definition) is 4. The Labute approximate surface area is 155 Å². The van der Waals surface area contributed by atoms with Crippen molar-refractivity contribution in [2.75, 3.05) is 26.7 Å². The molecule has 136 valence electrons. The second-order valence-corrected chi connectivity index (χ2v) is 7.99. The summed E-state index contributed by atoms with van der Waals surface area (Å²) in [5, 5.41) is 0. The number of rotatable bonds is 4. The molecule has 0 saturated carbocycles. The van der Waals surface area contributed by atoms with Gasteiger partial charge in [0.05, 0.1) is 7.11 Å². The topological polar surface area (TPSA) is 28.6 Å². The highest BCUT2D eigenvalue weighted by Gasteiger charge is 2.53. The monoisotopic (exact) mass is 349 g/mol. The van der Waals surface area contributed by atoms with Crippen molar-refractivity contribution in [2.45, 2.75) is 37.4 Å². The number of pyridine rings is 1. The Kier molecular flexibility index (Phi) is 4.18. The van der Waals surface area contributed by atoms with Crippen molar-refractivity contribution in [3.8, 4) is 5.75 Å². The van der Waals surface area contributed by atoms with E-state index >= 15 is 0 Å². The quantitative estimate of drug-likeness (QED) is 0.848. The average Bonchev–Trinajstić information content (AvgIpc) is 3.11. The molecule has 4 heteroatoms. The third-order valence-electron chi connectivity index (χ3n) is 6.74. The predicted molar refractivity (Wildman–Crippen MR) is 102 cm³/mol. The van der Waals surface area contributed by atoms with Crippen LogP contribution in [0.4, 0.5) is 0 Å². The molecule has 2 aromatic rings. The molecular formula is C22H27N3O. The van der Waals surface area contributed by atoms with Gasteiger partial charge in [-0.1, -0.05) is 24.3 Å². The van der Waals surface area contributed by atoms with E-state index in [1.54, 1.807) is 7.11 Å². The lowest BCUT2D eigenvalue weighted by atomic mass is 9.75. The van der Waals surface area contributed by atoms with Crippen molar-refractivity contribution in [2.24, 2.45) is 5.92 Å². The molecule has 1 aromatic heterocycles. The molecule has 2 bridgehead atoms. The molecule has 4 nitrogen and oxygen atoms in total. The van der Waals surface area contributed by atoms with Gasteiger partial charge in [-0.3, -0.25) is 14.8 Å². The van der Waals surface area contributed by atoms with Gasteiger partial charge in [0.2, 0.25) is 0 Å². The van der Waals surface area contributed by atoms with Crippen LogP contribution in [0.15, 0.2) is 48.8 Å². The molecule has 0 spiro atoms. The molecule has 0 unspecified atom stereocenters. The van der Waals surface area contributed by atoms with E-state index in [1.165, 1.54) is 37.1 Å². The number of fused-ring (bicyclic) bond motifs is 2. The lowest BCUT2D eigenvalue weighted by Crippen LogP contribution is -2.60. The number of nitrogens with zero attached hydrogens (tertiary/aromatic N) is 3. The summed E-state index contributed by atoms with van der Waals surface area (Å²) in [5.74, 6) is 2.40. The normalized spacial score (nSPS) is 33.2. The first-order chi connectivity index (χ1) is 12.8. The van der Waals surface area contributed by atoms with Gasteiger partial charge in [0.15, 0.2) is 0 Å². The van der Waals surface area contributed by atoms with E-state index in [-0.39, 0.29) is 0 Å². The van der Waals surface area contributed by atoms with Crippen LogP contribution in [0.1, 0.15) is 29.9 Å².